The summed E-state index contributed by atoms with van der Waals surface area (Å²) in [5, 5.41) is 21.5. The lowest BCUT2D eigenvalue weighted by Crippen LogP contribution is -2.40. The molecule has 0 unspecified atom stereocenters. The van der Waals surface area contributed by atoms with Crippen LogP contribution in [0.25, 0.3) is 0 Å². The minimum absolute atomic E-state index is 0.0269. The van der Waals surface area contributed by atoms with Gasteiger partial charge in [0.15, 0.2) is 0 Å². The molecular formula is C15H22O4. The number of hydrogen-bond acceptors (Lipinski definition) is 4. The van der Waals surface area contributed by atoms with Crippen LogP contribution in [0.2, 0.25) is 0 Å². The van der Waals surface area contributed by atoms with Crippen molar-refractivity contribution in [2.24, 2.45) is 23.7 Å². The number of esters is 1. The van der Waals surface area contributed by atoms with Crippen molar-refractivity contribution >= 4 is 5.97 Å². The number of allylic oxidation sites excluding steroid dienone is 1. The van der Waals surface area contributed by atoms with Gasteiger partial charge in [0.1, 0.15) is 6.10 Å². The Morgan fingerprint density at radius 2 is 2.16 bits per heavy atom. The average Bonchev–Trinajstić information content (AvgIpc) is 2.78. The molecule has 1 heterocycles. The van der Waals surface area contributed by atoms with Crippen LogP contribution in [0, 0.1) is 23.7 Å². The Labute approximate surface area is 113 Å². The summed E-state index contributed by atoms with van der Waals surface area (Å²) in [6, 6.07) is 0. The van der Waals surface area contributed by atoms with Gasteiger partial charge in [0.2, 0.25) is 0 Å². The Balaban J connectivity index is 2.02. The van der Waals surface area contributed by atoms with Gasteiger partial charge in [-0.1, -0.05) is 18.6 Å². The largest absolute Gasteiger partial charge is 0.462 e. The first kappa shape index (κ1) is 13.1. The zero-order valence-electron chi connectivity index (χ0n) is 11.7. The summed E-state index contributed by atoms with van der Waals surface area (Å²) in [6.07, 6.45) is 2.36. The molecule has 4 nitrogen and oxygen atoms in total. The lowest BCUT2D eigenvalue weighted by molar-refractivity contribution is -0.146. The molecule has 0 radical (unpaired) electrons. The maximum atomic E-state index is 11.8. The molecule has 2 fully saturated rings. The molecular weight excluding hydrogens is 244 g/mol. The second kappa shape index (κ2) is 4.06. The van der Waals surface area contributed by atoms with Crippen molar-refractivity contribution < 1.29 is 19.7 Å². The van der Waals surface area contributed by atoms with Crippen LogP contribution in [0.5, 0.6) is 0 Å². The van der Waals surface area contributed by atoms with Crippen molar-refractivity contribution in [1.82, 2.24) is 0 Å². The molecule has 3 rings (SSSR count). The van der Waals surface area contributed by atoms with E-state index in [1.54, 1.807) is 0 Å². The molecule has 0 amide bonds. The van der Waals surface area contributed by atoms with Crippen molar-refractivity contribution in [3.63, 3.8) is 0 Å². The normalized spacial score (nSPS) is 53.1. The Bertz CT molecular complexity index is 439. The number of hydrogen-bond donors (Lipinski definition) is 2. The highest BCUT2D eigenvalue weighted by Crippen LogP contribution is 2.51. The second-order valence-corrected chi connectivity index (χ2v) is 6.71. The van der Waals surface area contributed by atoms with Crippen molar-refractivity contribution in [2.75, 3.05) is 0 Å². The molecule has 7 atom stereocenters. The molecule has 0 bridgehead atoms. The van der Waals surface area contributed by atoms with E-state index in [4.69, 9.17) is 4.74 Å². The summed E-state index contributed by atoms with van der Waals surface area (Å²) < 4.78 is 5.39. The Morgan fingerprint density at radius 1 is 1.47 bits per heavy atom. The van der Waals surface area contributed by atoms with E-state index in [0.717, 1.165) is 12.0 Å². The lowest BCUT2D eigenvalue weighted by Gasteiger charge is -2.35. The summed E-state index contributed by atoms with van der Waals surface area (Å²) in [7, 11) is 0. The molecule has 0 aromatic carbocycles. The maximum Gasteiger partial charge on any atom is 0.309 e. The van der Waals surface area contributed by atoms with Gasteiger partial charge in [0.25, 0.3) is 0 Å². The van der Waals surface area contributed by atoms with Gasteiger partial charge >= 0.3 is 5.97 Å². The fourth-order valence-corrected chi connectivity index (χ4v) is 4.37. The standard InChI is InChI=1S/C15H22O4/c1-7-4-5-9-11(7)13(16)12-8(2)14(17)19-10(12)6-15(9,3)18/h4,8-13,16,18H,5-6H2,1-3H3/t8-,9+,10+,11-,12-,13+,15+/m1/s1. The van der Waals surface area contributed by atoms with Crippen molar-refractivity contribution in [1.29, 1.82) is 0 Å². The van der Waals surface area contributed by atoms with Crippen LogP contribution in [-0.2, 0) is 9.53 Å². The van der Waals surface area contributed by atoms with Gasteiger partial charge in [0.05, 0.1) is 17.6 Å². The number of aliphatic hydroxyl groups is 2. The number of carbonyl (C=O) groups excluding carboxylic acids is 1. The molecule has 3 aliphatic rings. The molecule has 4 heteroatoms. The predicted octanol–water partition coefficient (Wildman–Crippen LogP) is 1.26. The molecule has 2 N–H and O–H groups in total. The van der Waals surface area contributed by atoms with Crippen molar-refractivity contribution in [2.45, 2.75) is 51.4 Å². The Hall–Kier alpha value is -0.870. The summed E-state index contributed by atoms with van der Waals surface area (Å²) in [4.78, 5) is 11.8. The van der Waals surface area contributed by atoms with E-state index in [9.17, 15) is 15.0 Å². The molecule has 0 spiro atoms. The van der Waals surface area contributed by atoms with E-state index in [-0.39, 0.29) is 35.7 Å². The fourth-order valence-electron chi connectivity index (χ4n) is 4.37. The van der Waals surface area contributed by atoms with Gasteiger partial charge in [-0.15, -0.1) is 0 Å². The SMILES string of the molecule is CC1=CC[C@H]2[C@@H]1[C@H](O)[C@H]1[C@H](C[C@]2(C)O)OC(=O)[C@@H]1C. The molecule has 1 saturated carbocycles. The van der Waals surface area contributed by atoms with Crippen LogP contribution in [0.3, 0.4) is 0 Å². The topological polar surface area (TPSA) is 66.8 Å². The number of ether oxygens (including phenoxy) is 1. The predicted molar refractivity (Wildman–Crippen MR) is 69.1 cm³/mol. The first-order chi connectivity index (χ1) is 8.83. The maximum absolute atomic E-state index is 11.8. The van der Waals surface area contributed by atoms with Crippen LogP contribution in [0.15, 0.2) is 11.6 Å². The summed E-state index contributed by atoms with van der Waals surface area (Å²) in [5.41, 5.74) is 0.230. The van der Waals surface area contributed by atoms with E-state index < -0.39 is 11.7 Å². The molecule has 0 aromatic heterocycles. The van der Waals surface area contributed by atoms with E-state index in [2.05, 4.69) is 6.08 Å². The van der Waals surface area contributed by atoms with Crippen LogP contribution >= 0.6 is 0 Å². The zero-order valence-corrected chi connectivity index (χ0v) is 11.7. The summed E-state index contributed by atoms with van der Waals surface area (Å²) >= 11 is 0. The highest BCUT2D eigenvalue weighted by Gasteiger charge is 2.57. The van der Waals surface area contributed by atoms with Gasteiger partial charge in [-0.05, 0) is 26.2 Å². The van der Waals surface area contributed by atoms with Gasteiger partial charge in [-0.2, -0.15) is 0 Å². The second-order valence-electron chi connectivity index (χ2n) is 6.71. The third kappa shape index (κ3) is 1.77. The highest BCUT2D eigenvalue weighted by atomic mass is 16.6. The molecule has 0 aromatic rings. The van der Waals surface area contributed by atoms with Crippen molar-refractivity contribution in [3.05, 3.63) is 11.6 Å². The summed E-state index contributed by atoms with van der Waals surface area (Å²) in [6.45, 7) is 5.63. The molecule has 106 valence electrons. The highest BCUT2D eigenvalue weighted by molar-refractivity contribution is 5.75. The monoisotopic (exact) mass is 266 g/mol. The van der Waals surface area contributed by atoms with Crippen LogP contribution < -0.4 is 0 Å². The number of fused-ring (bicyclic) bond motifs is 2. The van der Waals surface area contributed by atoms with E-state index in [1.165, 1.54) is 0 Å². The average molecular weight is 266 g/mol. The molecule has 19 heavy (non-hydrogen) atoms. The summed E-state index contributed by atoms with van der Waals surface area (Å²) in [5.74, 6) is -0.762. The quantitative estimate of drug-likeness (QED) is 0.512. The Kier molecular flexibility index (Phi) is 2.81. The van der Waals surface area contributed by atoms with Crippen molar-refractivity contribution in [3.8, 4) is 0 Å². The number of aliphatic hydroxyl groups excluding tert-OH is 1. The molecule has 1 aliphatic heterocycles. The first-order valence-corrected chi connectivity index (χ1v) is 7.10. The zero-order chi connectivity index (χ0) is 13.9. The number of rotatable bonds is 0. The lowest BCUT2D eigenvalue weighted by atomic mass is 9.75. The van der Waals surface area contributed by atoms with Crippen LogP contribution in [0.1, 0.15) is 33.6 Å². The Morgan fingerprint density at radius 3 is 2.84 bits per heavy atom. The first-order valence-electron chi connectivity index (χ1n) is 7.10. The molecule has 1 saturated heterocycles. The van der Waals surface area contributed by atoms with Gasteiger partial charge in [-0.3, -0.25) is 4.79 Å². The third-order valence-corrected chi connectivity index (χ3v) is 5.47. The van der Waals surface area contributed by atoms with Gasteiger partial charge < -0.3 is 14.9 Å². The number of carbonyl (C=O) groups is 1. The van der Waals surface area contributed by atoms with E-state index in [1.807, 2.05) is 20.8 Å². The fraction of sp³-hybridized carbons (Fsp3) is 0.800. The van der Waals surface area contributed by atoms with Gasteiger partial charge in [-0.25, -0.2) is 0 Å². The van der Waals surface area contributed by atoms with Crippen LogP contribution in [0.4, 0.5) is 0 Å². The smallest absolute Gasteiger partial charge is 0.309 e. The third-order valence-electron chi connectivity index (χ3n) is 5.47. The minimum atomic E-state index is -0.899. The minimum Gasteiger partial charge on any atom is -0.462 e. The van der Waals surface area contributed by atoms with Gasteiger partial charge in [0, 0.05) is 18.3 Å². The van der Waals surface area contributed by atoms with E-state index >= 15 is 0 Å². The van der Waals surface area contributed by atoms with Crippen LogP contribution in [-0.4, -0.2) is 34.0 Å². The van der Waals surface area contributed by atoms with E-state index in [0.29, 0.717) is 6.42 Å². The molecule has 2 aliphatic carbocycles.